The van der Waals surface area contributed by atoms with Gasteiger partial charge in [0.25, 0.3) is 0 Å². The van der Waals surface area contributed by atoms with E-state index in [2.05, 4.69) is 94.4 Å². The van der Waals surface area contributed by atoms with E-state index in [0.29, 0.717) is 0 Å². The molecule has 0 saturated carbocycles. The van der Waals surface area contributed by atoms with Gasteiger partial charge in [0.15, 0.2) is 5.78 Å². The van der Waals surface area contributed by atoms with Gasteiger partial charge in [0.2, 0.25) is 0 Å². The fraction of sp³-hybridized carbons (Fsp3) is 0.378. The van der Waals surface area contributed by atoms with Gasteiger partial charge in [0.1, 0.15) is 11.3 Å². The van der Waals surface area contributed by atoms with Gasteiger partial charge in [-0.05, 0) is 84.9 Å². The number of carbonyl (C=O) groups is 1. The molecule has 3 heterocycles. The number of allylic oxidation sites excluding steroid dienone is 2. The van der Waals surface area contributed by atoms with Crippen molar-refractivity contribution in [2.75, 3.05) is 0 Å². The van der Waals surface area contributed by atoms with Crippen LogP contribution in [0.25, 0.3) is 53.5 Å². The van der Waals surface area contributed by atoms with Gasteiger partial charge in [0, 0.05) is 63.9 Å². The summed E-state index contributed by atoms with van der Waals surface area (Å²) in [4.78, 5) is 18.2. The molecule has 6 rings (SSSR count). The third kappa shape index (κ3) is 8.25. The Balaban J connectivity index is 0.000000279. The van der Waals surface area contributed by atoms with Crippen molar-refractivity contribution in [1.29, 1.82) is 0 Å². The zero-order valence-corrected chi connectivity index (χ0v) is 35.0. The predicted molar refractivity (Wildman–Crippen MR) is 213 cm³/mol. The standard InChI is InChI=1S/C30H24NOS.C15H28O2.Ir/c1-18-17-32-26-10-9-20(14-24(18)26)27-16-21-11-12-31-28(29(21)33-27)22-13-19-7-5-6-8-23(19)25(15-22)30(2,3)4;1-7-14(5,8-2)12(16)11-13(17)15(6,9-3)10-4;/h5-12,14-17H,1-4H3;11,16H,7-10H2,1-6H3;/q-1;;/b;12-11-;. The van der Waals surface area contributed by atoms with Crippen molar-refractivity contribution in [2.24, 2.45) is 10.8 Å². The van der Waals surface area contributed by atoms with Crippen LogP contribution in [0.3, 0.4) is 0 Å². The number of rotatable bonds is 9. The van der Waals surface area contributed by atoms with Crippen LogP contribution in [0.5, 0.6) is 0 Å². The number of ketones is 1. The molecule has 6 heteroatoms. The maximum atomic E-state index is 12.2. The molecular weight excluding hydrogens is 827 g/mol. The van der Waals surface area contributed by atoms with E-state index in [0.717, 1.165) is 53.5 Å². The number of benzene rings is 3. The third-order valence-electron chi connectivity index (χ3n) is 10.9. The van der Waals surface area contributed by atoms with Crippen LogP contribution in [0.4, 0.5) is 0 Å². The van der Waals surface area contributed by atoms with Crippen molar-refractivity contribution in [3.05, 3.63) is 102 Å². The van der Waals surface area contributed by atoms with Crippen molar-refractivity contribution >= 4 is 48.9 Å². The molecule has 0 unspecified atom stereocenters. The molecule has 0 saturated heterocycles. The fourth-order valence-corrected chi connectivity index (χ4v) is 7.42. The zero-order chi connectivity index (χ0) is 36.4. The van der Waals surface area contributed by atoms with E-state index in [1.54, 1.807) is 11.3 Å². The molecule has 0 amide bonds. The quantitative estimate of drug-likeness (QED) is 0.0893. The van der Waals surface area contributed by atoms with Crippen molar-refractivity contribution in [3.8, 4) is 21.7 Å². The molecule has 1 radical (unpaired) electrons. The monoisotopic (exact) mass is 879 g/mol. The number of aromatic nitrogens is 1. The molecule has 0 fully saturated rings. The Morgan fingerprint density at radius 2 is 1.55 bits per heavy atom. The molecule has 3 aromatic carbocycles. The number of thiophene rings is 1. The number of aryl methyl sites for hydroxylation is 1. The van der Waals surface area contributed by atoms with E-state index in [1.165, 1.54) is 42.9 Å². The van der Waals surface area contributed by atoms with E-state index in [1.807, 2.05) is 54.0 Å². The minimum atomic E-state index is -0.337. The van der Waals surface area contributed by atoms with E-state index in [9.17, 15) is 9.90 Å². The maximum Gasteiger partial charge on any atom is 0.164 e. The Hall–Kier alpha value is -3.57. The summed E-state index contributed by atoms with van der Waals surface area (Å²) in [6, 6.07) is 25.3. The number of hydrogen-bond acceptors (Lipinski definition) is 5. The first-order chi connectivity index (χ1) is 23.7. The Morgan fingerprint density at radius 1 is 0.882 bits per heavy atom. The summed E-state index contributed by atoms with van der Waals surface area (Å²) in [5.41, 5.74) is 6.10. The summed E-state index contributed by atoms with van der Waals surface area (Å²) in [5, 5.41) is 14.9. The molecule has 0 spiro atoms. The molecule has 0 atom stereocenters. The summed E-state index contributed by atoms with van der Waals surface area (Å²) in [5.74, 6) is 0.286. The van der Waals surface area contributed by atoms with Crippen molar-refractivity contribution < 1.29 is 34.4 Å². The molecule has 0 aliphatic carbocycles. The number of aliphatic hydroxyl groups is 1. The van der Waals surface area contributed by atoms with Gasteiger partial charge in [-0.25, -0.2) is 0 Å². The van der Waals surface area contributed by atoms with E-state index in [-0.39, 0.29) is 47.9 Å². The molecule has 0 bridgehead atoms. The average Bonchev–Trinajstić information content (AvgIpc) is 3.73. The van der Waals surface area contributed by atoms with Gasteiger partial charge in [-0.15, -0.1) is 40.5 Å². The summed E-state index contributed by atoms with van der Waals surface area (Å²) < 4.78 is 6.84. The van der Waals surface area contributed by atoms with Crippen molar-refractivity contribution in [2.45, 2.75) is 100 Å². The molecule has 271 valence electrons. The first-order valence-corrected chi connectivity index (χ1v) is 18.8. The molecule has 1 N–H and O–H groups in total. The second-order valence-corrected chi connectivity index (χ2v) is 16.2. The average molecular weight is 879 g/mol. The number of furan rings is 1. The third-order valence-corrected chi connectivity index (χ3v) is 12.1. The molecule has 51 heavy (non-hydrogen) atoms. The van der Waals surface area contributed by atoms with Gasteiger partial charge in [-0.3, -0.25) is 9.78 Å². The van der Waals surface area contributed by atoms with Crippen LogP contribution in [0, 0.1) is 23.8 Å². The molecular formula is C45H52IrNO3S-. The van der Waals surface area contributed by atoms with Crippen LogP contribution in [0.1, 0.15) is 99.1 Å². The van der Waals surface area contributed by atoms with Crippen LogP contribution in [-0.4, -0.2) is 15.9 Å². The second-order valence-electron chi connectivity index (χ2n) is 15.1. The van der Waals surface area contributed by atoms with Crippen LogP contribution < -0.4 is 0 Å². The number of pyridine rings is 1. The molecule has 0 aliphatic rings. The van der Waals surface area contributed by atoms with E-state index < -0.39 is 0 Å². The number of nitrogens with zero attached hydrogens (tertiary/aromatic N) is 1. The van der Waals surface area contributed by atoms with Gasteiger partial charge in [-0.1, -0.05) is 91.5 Å². The number of fused-ring (bicyclic) bond motifs is 3. The van der Waals surface area contributed by atoms with Gasteiger partial charge in [-0.2, -0.15) is 0 Å². The zero-order valence-electron chi connectivity index (χ0n) is 31.8. The van der Waals surface area contributed by atoms with Gasteiger partial charge >= 0.3 is 0 Å². The van der Waals surface area contributed by atoms with Crippen LogP contribution in [0.2, 0.25) is 0 Å². The Kier molecular flexibility index (Phi) is 12.6. The predicted octanol–water partition coefficient (Wildman–Crippen LogP) is 13.6. The van der Waals surface area contributed by atoms with Crippen LogP contribution in [0.15, 0.2) is 89.4 Å². The Bertz CT molecular complexity index is 2170. The van der Waals surface area contributed by atoms with Crippen LogP contribution in [-0.2, 0) is 30.3 Å². The summed E-state index contributed by atoms with van der Waals surface area (Å²) in [7, 11) is 0. The smallest absolute Gasteiger partial charge is 0.164 e. The van der Waals surface area contributed by atoms with E-state index >= 15 is 0 Å². The van der Waals surface area contributed by atoms with Crippen LogP contribution >= 0.6 is 11.3 Å². The Labute approximate surface area is 321 Å². The van der Waals surface area contributed by atoms with Crippen molar-refractivity contribution in [3.63, 3.8) is 0 Å². The minimum absolute atomic E-state index is 0. The first kappa shape index (κ1) is 40.2. The van der Waals surface area contributed by atoms with Crippen molar-refractivity contribution in [1.82, 2.24) is 4.98 Å². The minimum Gasteiger partial charge on any atom is -0.512 e. The molecule has 0 aliphatic heterocycles. The number of aliphatic hydroxyl groups excluding tert-OH is 1. The van der Waals surface area contributed by atoms with Gasteiger partial charge in [0.05, 0.1) is 6.26 Å². The fourth-order valence-electron chi connectivity index (χ4n) is 6.27. The molecule has 3 aromatic heterocycles. The van der Waals surface area contributed by atoms with Gasteiger partial charge < -0.3 is 9.52 Å². The molecule has 4 nitrogen and oxygen atoms in total. The normalized spacial score (nSPS) is 12.5. The summed E-state index contributed by atoms with van der Waals surface area (Å²) in [6.45, 7) is 21.0. The largest absolute Gasteiger partial charge is 0.512 e. The summed E-state index contributed by atoms with van der Waals surface area (Å²) in [6.07, 6.45) is 8.49. The Morgan fingerprint density at radius 3 is 2.20 bits per heavy atom. The van der Waals surface area contributed by atoms with E-state index in [4.69, 9.17) is 9.40 Å². The summed E-state index contributed by atoms with van der Waals surface area (Å²) >= 11 is 1.79. The number of carbonyl (C=O) groups excluding carboxylic acids is 1. The SMILES string of the molecule is CCC(C)(CC)C(=O)/C=C(\O)C(C)(CC)CC.Cc1coc2ccc(-c3cc4ccnc(-c5[c-]c6ccccc6c(C(C)(C)C)c5)c4s3)cc12.[Ir]. The topological polar surface area (TPSA) is 63.3 Å². The molecule has 6 aromatic rings. The number of hydrogen-bond donors (Lipinski definition) is 1. The first-order valence-electron chi connectivity index (χ1n) is 18.0. The maximum absolute atomic E-state index is 12.2. The second kappa shape index (κ2) is 16.0.